The Hall–Kier alpha value is -0.0951. The Kier molecular flexibility index (Phi) is 2.60. The molecule has 0 aliphatic carbocycles. The Morgan fingerprint density at radius 3 is 2.71 bits per heavy atom. The van der Waals surface area contributed by atoms with Crippen LogP contribution in [-0.4, -0.2) is 58.6 Å². The molecule has 2 aliphatic heterocycles. The van der Waals surface area contributed by atoms with Crippen LogP contribution in [0.3, 0.4) is 0 Å². The summed E-state index contributed by atoms with van der Waals surface area (Å²) >= 11 is 0. The van der Waals surface area contributed by atoms with Gasteiger partial charge in [0.1, 0.15) is 25.7 Å². The number of ether oxygens (including phenoxy) is 4. The van der Waals surface area contributed by atoms with Gasteiger partial charge in [-0.1, -0.05) is 0 Å². The average Bonchev–Trinajstić information content (AvgIpc) is 2.68. The maximum absolute atomic E-state index is 5.78. The molecule has 0 spiro atoms. The Morgan fingerprint density at radius 1 is 1.50 bits per heavy atom. The molecule has 2 fully saturated rings. The summed E-state index contributed by atoms with van der Waals surface area (Å²) in [6, 6.07) is -0.411. The van der Waals surface area contributed by atoms with E-state index in [1.165, 1.54) is 0 Å². The Morgan fingerprint density at radius 2 is 2.21 bits per heavy atom. The molecule has 2 saturated heterocycles. The van der Waals surface area contributed by atoms with Crippen molar-refractivity contribution in [3.8, 4) is 0 Å². The van der Waals surface area contributed by atoms with Crippen molar-refractivity contribution in [2.24, 2.45) is 0 Å². The van der Waals surface area contributed by atoms with Crippen molar-refractivity contribution in [1.82, 2.24) is 0 Å². The predicted molar refractivity (Wildman–Crippen MR) is 50.4 cm³/mol. The maximum Gasteiger partial charge on any atom is 0.145 e. The fraction of sp³-hybridized carbons (Fsp3) is 1.00. The summed E-state index contributed by atoms with van der Waals surface area (Å²) < 4.78 is 21.9. The number of hydrogen-bond acceptors (Lipinski definition) is 4. The van der Waals surface area contributed by atoms with E-state index in [-0.39, 0.29) is 18.3 Å². The molecule has 78 valence electrons. The molecule has 0 aromatic rings. The second kappa shape index (κ2) is 3.49. The van der Waals surface area contributed by atoms with E-state index in [9.17, 15) is 0 Å². The first-order chi connectivity index (χ1) is 6.65. The van der Waals surface area contributed by atoms with Crippen LogP contribution in [0, 0.1) is 0 Å². The molecule has 2 heterocycles. The third-order valence-corrected chi connectivity index (χ3v) is 3.26. The van der Waals surface area contributed by atoms with Gasteiger partial charge < -0.3 is 18.9 Å². The molecule has 4 nitrogen and oxygen atoms in total. The van der Waals surface area contributed by atoms with Crippen LogP contribution in [0.1, 0.15) is 6.92 Å². The van der Waals surface area contributed by atoms with Gasteiger partial charge in [0, 0.05) is 20.2 Å². The molecule has 2 radical (unpaired) electrons. The lowest BCUT2D eigenvalue weighted by Crippen LogP contribution is -2.51. The molecule has 0 amide bonds. The summed E-state index contributed by atoms with van der Waals surface area (Å²) in [7, 11) is 9.07. The molecule has 5 atom stereocenters. The van der Waals surface area contributed by atoms with E-state index in [0.29, 0.717) is 6.61 Å². The molecular weight excluding hydrogens is 183 g/mol. The molecule has 14 heavy (non-hydrogen) atoms. The number of hydrogen-bond donors (Lipinski definition) is 0. The second-order valence-electron chi connectivity index (χ2n) is 3.85. The van der Waals surface area contributed by atoms with Crippen molar-refractivity contribution < 1.29 is 18.9 Å². The van der Waals surface area contributed by atoms with Gasteiger partial charge in [-0.25, -0.2) is 0 Å². The highest BCUT2D eigenvalue weighted by Crippen LogP contribution is 2.43. The predicted octanol–water partition coefficient (Wildman–Crippen LogP) is -0.301. The fourth-order valence-electron chi connectivity index (χ4n) is 2.34. The van der Waals surface area contributed by atoms with E-state index in [0.717, 1.165) is 0 Å². The Labute approximate surface area is 85.3 Å². The van der Waals surface area contributed by atoms with Gasteiger partial charge in [0.25, 0.3) is 0 Å². The van der Waals surface area contributed by atoms with Crippen LogP contribution >= 0.6 is 0 Å². The number of rotatable bonds is 3. The summed E-state index contributed by atoms with van der Waals surface area (Å²) in [6.45, 7) is 2.43. The molecule has 0 N–H and O–H groups in total. The maximum atomic E-state index is 5.78. The summed E-state index contributed by atoms with van der Waals surface area (Å²) in [6.07, 6.45) is -0.393. The zero-order valence-electron chi connectivity index (χ0n) is 8.73. The summed E-state index contributed by atoms with van der Waals surface area (Å²) in [5, 5.41) is 0. The van der Waals surface area contributed by atoms with Crippen molar-refractivity contribution in [2.45, 2.75) is 36.8 Å². The van der Waals surface area contributed by atoms with Crippen LogP contribution in [0.25, 0.3) is 0 Å². The molecule has 2 bridgehead atoms. The first-order valence-corrected chi connectivity index (χ1v) is 4.76. The zero-order valence-corrected chi connectivity index (χ0v) is 8.73. The van der Waals surface area contributed by atoms with E-state index >= 15 is 0 Å². The van der Waals surface area contributed by atoms with E-state index in [1.54, 1.807) is 14.2 Å². The summed E-state index contributed by atoms with van der Waals surface area (Å²) in [4.78, 5) is 0. The highest BCUT2D eigenvalue weighted by molar-refractivity contribution is 6.11. The standard InChI is InChI=1S/C9H15BO4/c1-5(11-2)9-4-13-6(7(9)12-3)8(10)14-9/h5-8H,4H2,1-3H3/t5?,6?,7?,8-,9-/m1/s1. The second-order valence-corrected chi connectivity index (χ2v) is 3.85. The van der Waals surface area contributed by atoms with Crippen molar-refractivity contribution in [1.29, 1.82) is 0 Å². The fourth-order valence-corrected chi connectivity index (χ4v) is 2.34. The quantitative estimate of drug-likeness (QED) is 0.583. The lowest BCUT2D eigenvalue weighted by atomic mass is 9.89. The van der Waals surface area contributed by atoms with Gasteiger partial charge in [0.05, 0.1) is 12.7 Å². The number of fused-ring (bicyclic) bond motifs is 2. The van der Waals surface area contributed by atoms with Gasteiger partial charge in [-0.3, -0.25) is 0 Å². The van der Waals surface area contributed by atoms with Crippen molar-refractivity contribution in [3.63, 3.8) is 0 Å². The van der Waals surface area contributed by atoms with Crippen LogP contribution in [0.5, 0.6) is 0 Å². The minimum Gasteiger partial charge on any atom is -0.379 e. The van der Waals surface area contributed by atoms with Crippen molar-refractivity contribution in [3.05, 3.63) is 0 Å². The van der Waals surface area contributed by atoms with Crippen LogP contribution in [0.15, 0.2) is 0 Å². The van der Waals surface area contributed by atoms with E-state index < -0.39 is 11.6 Å². The van der Waals surface area contributed by atoms with Gasteiger partial charge in [-0.05, 0) is 6.92 Å². The van der Waals surface area contributed by atoms with Gasteiger partial charge in [0.15, 0.2) is 0 Å². The lowest BCUT2D eigenvalue weighted by Gasteiger charge is -2.35. The van der Waals surface area contributed by atoms with E-state index in [1.807, 2.05) is 6.92 Å². The van der Waals surface area contributed by atoms with Gasteiger partial charge in [-0.15, -0.1) is 0 Å². The highest BCUT2D eigenvalue weighted by atomic mass is 16.7. The first kappa shape index (κ1) is 10.4. The van der Waals surface area contributed by atoms with Crippen LogP contribution in [0.4, 0.5) is 0 Å². The van der Waals surface area contributed by atoms with Crippen LogP contribution in [0.2, 0.25) is 0 Å². The SMILES string of the molecule is [B][C@@H]1O[C@@]2(C(C)OC)COC1C2OC. The molecule has 5 heteroatoms. The van der Waals surface area contributed by atoms with Crippen molar-refractivity contribution >= 4 is 7.85 Å². The molecular formula is C9H15BO4. The zero-order chi connectivity index (χ0) is 10.3. The largest absolute Gasteiger partial charge is 0.379 e. The highest BCUT2D eigenvalue weighted by Gasteiger charge is 2.62. The molecule has 2 rings (SSSR count). The van der Waals surface area contributed by atoms with Gasteiger partial charge >= 0.3 is 0 Å². The molecule has 3 unspecified atom stereocenters. The molecule has 0 aromatic heterocycles. The van der Waals surface area contributed by atoms with E-state index in [4.69, 9.17) is 26.8 Å². The molecule has 2 aliphatic rings. The smallest absolute Gasteiger partial charge is 0.145 e. The monoisotopic (exact) mass is 198 g/mol. The van der Waals surface area contributed by atoms with Crippen LogP contribution < -0.4 is 0 Å². The first-order valence-electron chi connectivity index (χ1n) is 4.76. The Bertz CT molecular complexity index is 225. The minimum absolute atomic E-state index is 0.0917. The lowest BCUT2D eigenvalue weighted by molar-refractivity contribution is -0.173. The normalized spacial score (nSPS) is 48.4. The topological polar surface area (TPSA) is 36.9 Å². The van der Waals surface area contributed by atoms with Crippen LogP contribution in [-0.2, 0) is 18.9 Å². The summed E-state index contributed by atoms with van der Waals surface area (Å²) in [5.74, 6) is 0. The van der Waals surface area contributed by atoms with Gasteiger partial charge in [0.2, 0.25) is 0 Å². The summed E-state index contributed by atoms with van der Waals surface area (Å²) in [5.41, 5.74) is -0.534. The third-order valence-electron chi connectivity index (χ3n) is 3.26. The average molecular weight is 198 g/mol. The van der Waals surface area contributed by atoms with E-state index in [2.05, 4.69) is 0 Å². The van der Waals surface area contributed by atoms with Crippen molar-refractivity contribution in [2.75, 3.05) is 20.8 Å². The molecule has 0 aromatic carbocycles. The minimum atomic E-state index is -0.534. The third kappa shape index (κ3) is 1.16. The Balaban J connectivity index is 2.24. The molecule has 0 saturated carbocycles. The van der Waals surface area contributed by atoms with Gasteiger partial charge in [-0.2, -0.15) is 0 Å². The number of methoxy groups -OCH3 is 2.